The van der Waals surface area contributed by atoms with Gasteiger partial charge >= 0.3 is 6.03 Å². The van der Waals surface area contributed by atoms with Gasteiger partial charge in [-0.2, -0.15) is 0 Å². The molecule has 1 aromatic carbocycles. The van der Waals surface area contributed by atoms with Crippen LogP contribution in [-0.4, -0.2) is 25.1 Å². The number of rotatable bonds is 2. The lowest BCUT2D eigenvalue weighted by Crippen LogP contribution is -2.44. The van der Waals surface area contributed by atoms with Crippen LogP contribution in [0, 0.1) is 13.8 Å². The molecule has 1 aliphatic carbocycles. The molecule has 0 bridgehead atoms. The van der Waals surface area contributed by atoms with Crippen molar-refractivity contribution in [2.45, 2.75) is 32.7 Å². The molecule has 1 aromatic rings. The van der Waals surface area contributed by atoms with Crippen molar-refractivity contribution in [1.82, 2.24) is 10.6 Å². The van der Waals surface area contributed by atoms with Crippen LogP contribution < -0.4 is 16.0 Å². The topological polar surface area (TPSA) is 65.5 Å². The van der Waals surface area contributed by atoms with Gasteiger partial charge in [0, 0.05) is 18.8 Å². The van der Waals surface area contributed by atoms with Crippen LogP contribution in [0.25, 0.3) is 0 Å². The summed E-state index contributed by atoms with van der Waals surface area (Å²) in [5.41, 5.74) is 2.93. The fourth-order valence-electron chi connectivity index (χ4n) is 1.84. The van der Waals surface area contributed by atoms with Crippen LogP contribution >= 0.6 is 0 Å². The van der Waals surface area contributed by atoms with E-state index in [1.807, 2.05) is 32.0 Å². The first-order chi connectivity index (χ1) is 9.10. The van der Waals surface area contributed by atoms with E-state index in [-0.39, 0.29) is 6.03 Å². The summed E-state index contributed by atoms with van der Waals surface area (Å²) in [6.45, 7) is 3.94. The number of nitrogens with zero attached hydrogens (tertiary/aromatic N) is 1. The number of carbonyl (C=O) groups is 1. The monoisotopic (exact) mass is 260 g/mol. The molecule has 0 radical (unpaired) electrons. The summed E-state index contributed by atoms with van der Waals surface area (Å²) >= 11 is 0. The first-order valence-corrected chi connectivity index (χ1v) is 6.47. The summed E-state index contributed by atoms with van der Waals surface area (Å²) in [6.07, 6.45) is 2.28. The zero-order valence-corrected chi connectivity index (χ0v) is 11.6. The lowest BCUT2D eigenvalue weighted by Gasteiger charge is -2.14. The highest BCUT2D eigenvalue weighted by molar-refractivity contribution is 6.03. The van der Waals surface area contributed by atoms with Crippen LogP contribution in [0.3, 0.4) is 0 Å². The molecule has 1 aliphatic rings. The van der Waals surface area contributed by atoms with Gasteiger partial charge in [0.15, 0.2) is 5.96 Å². The molecule has 0 saturated heterocycles. The van der Waals surface area contributed by atoms with E-state index in [0.717, 1.165) is 29.7 Å². The third kappa shape index (κ3) is 3.71. The van der Waals surface area contributed by atoms with E-state index in [1.54, 1.807) is 7.05 Å². The molecule has 0 spiro atoms. The largest absolute Gasteiger partial charge is 0.353 e. The van der Waals surface area contributed by atoms with Crippen LogP contribution in [0.4, 0.5) is 10.5 Å². The lowest BCUT2D eigenvalue weighted by molar-refractivity contribution is 0.256. The van der Waals surface area contributed by atoms with Gasteiger partial charge in [-0.25, -0.2) is 4.79 Å². The molecule has 19 heavy (non-hydrogen) atoms. The minimum Gasteiger partial charge on any atom is -0.353 e. The third-order valence-corrected chi connectivity index (χ3v) is 3.09. The summed E-state index contributed by atoms with van der Waals surface area (Å²) in [5, 5.41) is 8.76. The fourth-order valence-corrected chi connectivity index (χ4v) is 1.84. The number of benzene rings is 1. The van der Waals surface area contributed by atoms with Crippen molar-refractivity contribution in [2.24, 2.45) is 4.99 Å². The van der Waals surface area contributed by atoms with Crippen molar-refractivity contribution in [2.75, 3.05) is 12.4 Å². The fraction of sp³-hybridized carbons (Fsp3) is 0.429. The van der Waals surface area contributed by atoms with Crippen molar-refractivity contribution in [3.8, 4) is 0 Å². The molecule has 0 aromatic heterocycles. The number of amides is 2. The van der Waals surface area contributed by atoms with Gasteiger partial charge in [0.05, 0.1) is 0 Å². The Hall–Kier alpha value is -2.04. The number of para-hydroxylation sites is 1. The maximum atomic E-state index is 11.9. The number of urea groups is 1. The highest BCUT2D eigenvalue weighted by Crippen LogP contribution is 2.19. The van der Waals surface area contributed by atoms with Gasteiger partial charge in [-0.15, -0.1) is 0 Å². The smallest absolute Gasteiger partial charge is 0.326 e. The van der Waals surface area contributed by atoms with Crippen LogP contribution in [0.5, 0.6) is 0 Å². The van der Waals surface area contributed by atoms with Gasteiger partial charge in [0.2, 0.25) is 0 Å². The van der Waals surface area contributed by atoms with Crippen molar-refractivity contribution in [3.05, 3.63) is 29.3 Å². The van der Waals surface area contributed by atoms with Gasteiger partial charge in [0.1, 0.15) is 0 Å². The van der Waals surface area contributed by atoms with Crippen molar-refractivity contribution < 1.29 is 4.79 Å². The van der Waals surface area contributed by atoms with E-state index in [1.165, 1.54) is 0 Å². The normalized spacial score (nSPS) is 15.0. The average molecular weight is 260 g/mol. The SMILES string of the molecule is CN=C(NC(=O)Nc1c(C)cccc1C)NC1CC1. The second-order valence-electron chi connectivity index (χ2n) is 4.84. The molecule has 2 amide bonds. The molecular weight excluding hydrogens is 240 g/mol. The third-order valence-electron chi connectivity index (χ3n) is 3.09. The molecule has 0 heterocycles. The molecule has 1 saturated carbocycles. The first kappa shape index (κ1) is 13.4. The predicted molar refractivity (Wildman–Crippen MR) is 77.6 cm³/mol. The number of guanidine groups is 1. The Morgan fingerprint density at radius 1 is 1.26 bits per heavy atom. The molecule has 0 unspecified atom stereocenters. The van der Waals surface area contributed by atoms with Crippen molar-refractivity contribution in [1.29, 1.82) is 0 Å². The second-order valence-corrected chi connectivity index (χ2v) is 4.84. The summed E-state index contributed by atoms with van der Waals surface area (Å²) in [4.78, 5) is 16.0. The molecule has 2 rings (SSSR count). The molecule has 5 heteroatoms. The van der Waals surface area contributed by atoms with Gasteiger partial charge in [0.25, 0.3) is 0 Å². The van der Waals surface area contributed by atoms with Crippen LogP contribution in [-0.2, 0) is 0 Å². The number of anilines is 1. The Kier molecular flexibility index (Phi) is 4.04. The van der Waals surface area contributed by atoms with E-state index < -0.39 is 0 Å². The second kappa shape index (κ2) is 5.73. The van der Waals surface area contributed by atoms with Gasteiger partial charge < -0.3 is 10.6 Å². The Bertz CT molecular complexity index is 486. The zero-order chi connectivity index (χ0) is 13.8. The Balaban J connectivity index is 1.96. The van der Waals surface area contributed by atoms with E-state index in [4.69, 9.17) is 0 Å². The number of hydrogen-bond donors (Lipinski definition) is 3. The summed E-state index contributed by atoms with van der Waals surface area (Å²) in [6, 6.07) is 6.10. The summed E-state index contributed by atoms with van der Waals surface area (Å²) < 4.78 is 0. The lowest BCUT2D eigenvalue weighted by atomic mass is 10.1. The minimum absolute atomic E-state index is 0.272. The van der Waals surface area contributed by atoms with Crippen molar-refractivity contribution in [3.63, 3.8) is 0 Å². The number of carbonyl (C=O) groups excluding carboxylic acids is 1. The average Bonchev–Trinajstić information content (AvgIpc) is 3.17. The zero-order valence-electron chi connectivity index (χ0n) is 11.6. The van der Waals surface area contributed by atoms with Crippen LogP contribution in [0.1, 0.15) is 24.0 Å². The molecule has 5 nitrogen and oxygen atoms in total. The Morgan fingerprint density at radius 2 is 1.89 bits per heavy atom. The Labute approximate surface area is 113 Å². The van der Waals surface area contributed by atoms with Crippen LogP contribution in [0.15, 0.2) is 23.2 Å². The molecule has 0 atom stereocenters. The predicted octanol–water partition coefficient (Wildman–Crippen LogP) is 2.16. The van der Waals surface area contributed by atoms with E-state index in [0.29, 0.717) is 12.0 Å². The summed E-state index contributed by atoms with van der Waals surface area (Å²) in [7, 11) is 1.66. The quantitative estimate of drug-likeness (QED) is 0.563. The first-order valence-electron chi connectivity index (χ1n) is 6.47. The van der Waals surface area contributed by atoms with E-state index >= 15 is 0 Å². The molecule has 0 aliphatic heterocycles. The highest BCUT2D eigenvalue weighted by Gasteiger charge is 2.22. The molecule has 102 valence electrons. The molecule has 3 N–H and O–H groups in total. The van der Waals surface area contributed by atoms with Crippen molar-refractivity contribution >= 4 is 17.7 Å². The van der Waals surface area contributed by atoms with Gasteiger partial charge in [-0.1, -0.05) is 18.2 Å². The van der Waals surface area contributed by atoms with Gasteiger partial charge in [-0.3, -0.25) is 10.3 Å². The van der Waals surface area contributed by atoms with E-state index in [2.05, 4.69) is 20.9 Å². The summed E-state index contributed by atoms with van der Waals surface area (Å²) in [5.74, 6) is 0.520. The standard InChI is InChI=1S/C14H20N4O/c1-9-5-4-6-10(2)12(9)17-14(19)18-13(15-3)16-11-7-8-11/h4-6,11H,7-8H2,1-3H3,(H3,15,16,17,18,19). The Morgan fingerprint density at radius 3 is 2.42 bits per heavy atom. The highest BCUT2D eigenvalue weighted by atomic mass is 16.2. The van der Waals surface area contributed by atoms with Crippen LogP contribution in [0.2, 0.25) is 0 Å². The number of hydrogen-bond acceptors (Lipinski definition) is 2. The molecular formula is C14H20N4O. The van der Waals surface area contributed by atoms with Gasteiger partial charge in [-0.05, 0) is 37.8 Å². The minimum atomic E-state index is -0.272. The maximum absolute atomic E-state index is 11.9. The number of aliphatic imine (C=N–C) groups is 1. The maximum Gasteiger partial charge on any atom is 0.326 e. The number of nitrogens with one attached hydrogen (secondary N) is 3. The van der Waals surface area contributed by atoms with E-state index in [9.17, 15) is 4.79 Å². The number of aryl methyl sites for hydroxylation is 2. The molecule has 1 fully saturated rings.